The van der Waals surface area contributed by atoms with Crippen molar-refractivity contribution < 1.29 is 8.42 Å². The maximum absolute atomic E-state index is 13.5. The molecule has 0 fully saturated rings. The van der Waals surface area contributed by atoms with Gasteiger partial charge in [0.25, 0.3) is 0 Å². The summed E-state index contributed by atoms with van der Waals surface area (Å²) in [7, 11) is -3.42. The zero-order valence-electron chi connectivity index (χ0n) is 16.2. The number of allylic oxidation sites excluding steroid dienone is 4. The number of hydrogen-bond donors (Lipinski definition) is 1. The number of benzene rings is 2. The molecule has 1 N–H and O–H groups in total. The van der Waals surface area contributed by atoms with Crippen molar-refractivity contribution in [2.24, 2.45) is 0 Å². The molecule has 3 aromatic rings. The highest BCUT2D eigenvalue weighted by molar-refractivity contribution is 7.89. The fourth-order valence-electron chi connectivity index (χ4n) is 4.50. The normalized spacial score (nSPS) is 19.4. The molecular formula is C24H24N2O2S. The highest BCUT2D eigenvalue weighted by Crippen LogP contribution is 2.43. The van der Waals surface area contributed by atoms with Crippen LogP contribution in [-0.2, 0) is 16.6 Å². The van der Waals surface area contributed by atoms with Crippen LogP contribution in [0.1, 0.15) is 42.0 Å². The van der Waals surface area contributed by atoms with Crippen LogP contribution in [0.5, 0.6) is 0 Å². The maximum atomic E-state index is 13.5. The summed E-state index contributed by atoms with van der Waals surface area (Å²) >= 11 is 0. The molecule has 0 spiro atoms. The zero-order valence-corrected chi connectivity index (χ0v) is 17.0. The summed E-state index contributed by atoms with van der Waals surface area (Å²) in [4.78, 5) is 3.31. The molecule has 0 amide bonds. The van der Waals surface area contributed by atoms with Crippen LogP contribution in [0.3, 0.4) is 0 Å². The molecule has 2 aliphatic rings. The molecule has 0 unspecified atom stereocenters. The zero-order chi connectivity index (χ0) is 19.8. The van der Waals surface area contributed by atoms with Gasteiger partial charge in [-0.3, -0.25) is 0 Å². The topological polar surface area (TPSA) is 53.2 Å². The molecule has 0 bridgehead atoms. The van der Waals surface area contributed by atoms with Crippen molar-refractivity contribution in [3.63, 3.8) is 0 Å². The third-order valence-corrected chi connectivity index (χ3v) is 7.79. The monoisotopic (exact) mass is 404 g/mol. The highest BCUT2D eigenvalue weighted by atomic mass is 32.2. The van der Waals surface area contributed by atoms with Crippen molar-refractivity contribution >= 4 is 20.9 Å². The number of fused-ring (bicyclic) bond motifs is 2. The standard InChI is InChI=1S/C24H24N2O2S/c27-29(28,15-14-18-8-2-1-3-9-18)26-17-19-10-4-5-11-20(19)24(26)22-16-25-23-13-7-6-12-21(22)23/h1-2,4-8,10-13,16,24-25H,3,9,14-15,17H2/t24-/m0/s1. The van der Waals surface area contributed by atoms with Gasteiger partial charge in [0.2, 0.25) is 10.0 Å². The maximum Gasteiger partial charge on any atom is 0.215 e. The Morgan fingerprint density at radius 3 is 2.72 bits per heavy atom. The van der Waals surface area contributed by atoms with Crippen LogP contribution in [0.25, 0.3) is 10.9 Å². The predicted molar refractivity (Wildman–Crippen MR) is 117 cm³/mol. The Morgan fingerprint density at radius 2 is 1.86 bits per heavy atom. The quantitative estimate of drug-likeness (QED) is 0.645. The number of aromatic nitrogens is 1. The Morgan fingerprint density at radius 1 is 1.03 bits per heavy atom. The Bertz CT molecular complexity index is 1220. The van der Waals surface area contributed by atoms with E-state index < -0.39 is 10.0 Å². The van der Waals surface area contributed by atoms with Gasteiger partial charge < -0.3 is 4.98 Å². The first kappa shape index (κ1) is 18.4. The number of H-pyrrole nitrogens is 1. The molecule has 148 valence electrons. The number of hydrogen-bond acceptors (Lipinski definition) is 2. The first-order chi connectivity index (χ1) is 14.1. The second-order valence-corrected chi connectivity index (χ2v) is 9.84. The summed E-state index contributed by atoms with van der Waals surface area (Å²) in [6.45, 7) is 0.432. The van der Waals surface area contributed by atoms with Gasteiger partial charge in [-0.15, -0.1) is 0 Å². The van der Waals surface area contributed by atoms with Gasteiger partial charge >= 0.3 is 0 Å². The minimum atomic E-state index is -3.42. The molecular weight excluding hydrogens is 380 g/mol. The summed E-state index contributed by atoms with van der Waals surface area (Å²) in [5, 5.41) is 1.08. The molecule has 1 aliphatic carbocycles. The van der Waals surface area contributed by atoms with E-state index in [0.717, 1.165) is 40.4 Å². The molecule has 5 rings (SSSR count). The third-order valence-electron chi connectivity index (χ3n) is 6.02. The lowest BCUT2D eigenvalue weighted by molar-refractivity contribution is 0.388. The van der Waals surface area contributed by atoms with Crippen LogP contribution in [-0.4, -0.2) is 23.5 Å². The molecule has 2 heterocycles. The first-order valence-electron chi connectivity index (χ1n) is 10.1. The van der Waals surface area contributed by atoms with Crippen LogP contribution >= 0.6 is 0 Å². The van der Waals surface area contributed by atoms with Crippen LogP contribution < -0.4 is 0 Å². The van der Waals surface area contributed by atoms with E-state index in [4.69, 9.17) is 0 Å². The van der Waals surface area contributed by atoms with E-state index in [1.807, 2.05) is 48.7 Å². The van der Waals surface area contributed by atoms with Crippen molar-refractivity contribution in [3.8, 4) is 0 Å². The van der Waals surface area contributed by atoms with E-state index in [9.17, 15) is 8.42 Å². The molecule has 1 aliphatic heterocycles. The second kappa shape index (κ2) is 7.32. The molecule has 1 aromatic heterocycles. The Kier molecular flexibility index (Phi) is 4.64. The van der Waals surface area contributed by atoms with Crippen molar-refractivity contribution in [1.82, 2.24) is 9.29 Å². The lowest BCUT2D eigenvalue weighted by atomic mass is 9.98. The fourth-order valence-corrected chi connectivity index (χ4v) is 6.14. The Labute approximate surface area is 171 Å². The molecule has 29 heavy (non-hydrogen) atoms. The predicted octanol–water partition coefficient (Wildman–Crippen LogP) is 5.07. The fraction of sp³-hybridized carbons (Fsp3) is 0.250. The van der Waals surface area contributed by atoms with Gasteiger partial charge in [-0.2, -0.15) is 4.31 Å². The average Bonchev–Trinajstić information content (AvgIpc) is 3.35. The lowest BCUT2D eigenvalue weighted by Gasteiger charge is -2.25. The lowest BCUT2D eigenvalue weighted by Crippen LogP contribution is -2.32. The van der Waals surface area contributed by atoms with E-state index in [0.29, 0.717) is 13.0 Å². The second-order valence-electron chi connectivity index (χ2n) is 7.79. The van der Waals surface area contributed by atoms with Gasteiger partial charge in [0, 0.05) is 29.2 Å². The molecule has 4 nitrogen and oxygen atoms in total. The van der Waals surface area contributed by atoms with E-state index in [1.165, 1.54) is 5.57 Å². The number of nitrogens with zero attached hydrogens (tertiary/aromatic N) is 1. The summed E-state index contributed by atoms with van der Waals surface area (Å²) < 4.78 is 28.6. The van der Waals surface area contributed by atoms with Crippen LogP contribution in [0, 0.1) is 0 Å². The molecule has 1 atom stereocenters. The summed E-state index contributed by atoms with van der Waals surface area (Å²) in [6.07, 6.45) is 10.7. The van der Waals surface area contributed by atoms with Gasteiger partial charge in [0.15, 0.2) is 0 Å². The number of sulfonamides is 1. The van der Waals surface area contributed by atoms with Crippen LogP contribution in [0.4, 0.5) is 0 Å². The van der Waals surface area contributed by atoms with Gasteiger partial charge in [-0.05, 0) is 36.5 Å². The Balaban J connectivity index is 1.53. The van der Waals surface area contributed by atoms with Gasteiger partial charge in [0.1, 0.15) is 0 Å². The summed E-state index contributed by atoms with van der Waals surface area (Å²) in [5.41, 5.74) is 5.44. The molecule has 0 saturated heterocycles. The van der Waals surface area contributed by atoms with Gasteiger partial charge in [-0.1, -0.05) is 66.3 Å². The van der Waals surface area contributed by atoms with Crippen LogP contribution in [0.15, 0.2) is 78.5 Å². The summed E-state index contributed by atoms with van der Waals surface area (Å²) in [6, 6.07) is 15.9. The third kappa shape index (κ3) is 3.34. The SMILES string of the molecule is O=S(=O)(CCC1=CC=CCC1)N1Cc2ccccc2[C@H]1c1c[nH]c2ccccc12. The molecule has 5 heteroatoms. The van der Waals surface area contributed by atoms with E-state index in [2.05, 4.69) is 29.3 Å². The van der Waals surface area contributed by atoms with Crippen LogP contribution in [0.2, 0.25) is 0 Å². The number of para-hydroxylation sites is 1. The molecule has 2 aromatic carbocycles. The van der Waals surface area contributed by atoms with E-state index in [1.54, 1.807) is 4.31 Å². The largest absolute Gasteiger partial charge is 0.361 e. The number of nitrogens with one attached hydrogen (secondary N) is 1. The van der Waals surface area contributed by atoms with Crippen molar-refractivity contribution in [1.29, 1.82) is 0 Å². The Hall–Kier alpha value is -2.63. The van der Waals surface area contributed by atoms with Crippen molar-refractivity contribution in [2.75, 3.05) is 5.75 Å². The molecule has 0 saturated carbocycles. The minimum Gasteiger partial charge on any atom is -0.361 e. The van der Waals surface area contributed by atoms with Crippen molar-refractivity contribution in [3.05, 3.63) is 95.2 Å². The highest BCUT2D eigenvalue weighted by Gasteiger charge is 2.39. The van der Waals surface area contributed by atoms with Gasteiger partial charge in [0.05, 0.1) is 11.8 Å². The van der Waals surface area contributed by atoms with Crippen molar-refractivity contribution in [2.45, 2.75) is 31.8 Å². The summed E-state index contributed by atoms with van der Waals surface area (Å²) in [5.74, 6) is 0.152. The van der Waals surface area contributed by atoms with E-state index in [-0.39, 0.29) is 11.8 Å². The smallest absolute Gasteiger partial charge is 0.215 e. The number of aromatic amines is 1. The number of rotatable bonds is 5. The first-order valence-corrected chi connectivity index (χ1v) is 11.7. The molecule has 0 radical (unpaired) electrons. The van der Waals surface area contributed by atoms with Gasteiger partial charge in [-0.25, -0.2) is 8.42 Å². The minimum absolute atomic E-state index is 0.152. The average molecular weight is 405 g/mol. The van der Waals surface area contributed by atoms with E-state index >= 15 is 0 Å².